The van der Waals surface area contributed by atoms with Crippen molar-refractivity contribution in [3.63, 3.8) is 0 Å². The molecule has 1 amide bonds. The molecule has 0 saturated carbocycles. The number of nitrogens with zero attached hydrogens (tertiary/aromatic N) is 2. The first-order chi connectivity index (χ1) is 6.81. The van der Waals surface area contributed by atoms with E-state index in [0.29, 0.717) is 0 Å². The Morgan fingerprint density at radius 3 is 3.21 bits per heavy atom. The number of hydrogen-bond acceptors (Lipinski definition) is 2. The molecule has 0 N–H and O–H groups in total. The lowest BCUT2D eigenvalue weighted by molar-refractivity contribution is -0.118. The Hall–Kier alpha value is -1.38. The number of carbonyl (C=O) groups excluding carboxylic acids is 1. The minimum absolute atomic E-state index is 0.272. The van der Waals surface area contributed by atoms with E-state index in [2.05, 4.69) is 11.1 Å². The number of amides is 1. The molecule has 14 heavy (non-hydrogen) atoms. The van der Waals surface area contributed by atoms with Crippen LogP contribution in [0.2, 0.25) is 0 Å². The van der Waals surface area contributed by atoms with Crippen molar-refractivity contribution in [3.05, 3.63) is 29.6 Å². The maximum Gasteiger partial charge on any atom is 0.210 e. The molecule has 74 valence electrons. The van der Waals surface area contributed by atoms with Crippen molar-refractivity contribution in [1.82, 2.24) is 9.88 Å². The summed E-state index contributed by atoms with van der Waals surface area (Å²) in [5.74, 6) is 0. The van der Waals surface area contributed by atoms with Crippen molar-refractivity contribution >= 4 is 6.41 Å². The van der Waals surface area contributed by atoms with Gasteiger partial charge in [0.15, 0.2) is 0 Å². The van der Waals surface area contributed by atoms with Gasteiger partial charge in [0.05, 0.1) is 6.04 Å². The van der Waals surface area contributed by atoms with Crippen molar-refractivity contribution in [2.24, 2.45) is 0 Å². The van der Waals surface area contributed by atoms with E-state index in [4.69, 9.17) is 0 Å². The number of carbonyl (C=O) groups is 1. The van der Waals surface area contributed by atoms with E-state index in [-0.39, 0.29) is 6.04 Å². The summed E-state index contributed by atoms with van der Waals surface area (Å²) >= 11 is 0. The van der Waals surface area contributed by atoms with E-state index in [0.717, 1.165) is 31.5 Å². The largest absolute Gasteiger partial charge is 0.338 e. The molecule has 0 spiro atoms. The van der Waals surface area contributed by atoms with Crippen molar-refractivity contribution in [2.75, 3.05) is 6.54 Å². The predicted octanol–water partition coefficient (Wildman–Crippen LogP) is 1.68. The monoisotopic (exact) mass is 190 g/mol. The molecule has 0 aliphatic carbocycles. The first-order valence-electron chi connectivity index (χ1n) is 4.95. The van der Waals surface area contributed by atoms with Gasteiger partial charge in [-0.05, 0) is 37.5 Å². The topological polar surface area (TPSA) is 33.2 Å². The van der Waals surface area contributed by atoms with Crippen LogP contribution in [0.4, 0.5) is 0 Å². The van der Waals surface area contributed by atoms with Gasteiger partial charge in [-0.2, -0.15) is 0 Å². The molecule has 0 unspecified atom stereocenters. The van der Waals surface area contributed by atoms with Crippen LogP contribution in [-0.4, -0.2) is 22.8 Å². The molecule has 1 atom stereocenters. The van der Waals surface area contributed by atoms with Gasteiger partial charge in [-0.15, -0.1) is 0 Å². The highest BCUT2D eigenvalue weighted by molar-refractivity contribution is 5.49. The summed E-state index contributed by atoms with van der Waals surface area (Å²) in [5, 5.41) is 0. The second-order valence-electron chi connectivity index (χ2n) is 3.73. The number of likely N-dealkylation sites (tertiary alicyclic amines) is 1. The molecular weight excluding hydrogens is 176 g/mol. The Bertz CT molecular complexity index is 338. The molecule has 0 radical (unpaired) electrons. The van der Waals surface area contributed by atoms with Gasteiger partial charge in [-0.1, -0.05) is 0 Å². The molecule has 1 fully saturated rings. The second-order valence-corrected chi connectivity index (χ2v) is 3.73. The highest BCUT2D eigenvalue weighted by Crippen LogP contribution is 2.30. The minimum Gasteiger partial charge on any atom is -0.338 e. The SMILES string of the molecule is Cc1cc([C@@H]2CCCN2C=O)ccn1. The first-order valence-corrected chi connectivity index (χ1v) is 4.95. The van der Waals surface area contributed by atoms with Crippen molar-refractivity contribution < 1.29 is 4.79 Å². The predicted molar refractivity (Wildman–Crippen MR) is 53.7 cm³/mol. The third-order valence-corrected chi connectivity index (χ3v) is 2.74. The van der Waals surface area contributed by atoms with Crippen LogP contribution in [0.5, 0.6) is 0 Å². The van der Waals surface area contributed by atoms with Gasteiger partial charge in [0, 0.05) is 18.4 Å². The summed E-state index contributed by atoms with van der Waals surface area (Å²) < 4.78 is 0. The molecule has 1 aromatic heterocycles. The van der Waals surface area contributed by atoms with Crippen molar-refractivity contribution in [3.8, 4) is 0 Å². The Kier molecular flexibility index (Phi) is 2.48. The van der Waals surface area contributed by atoms with E-state index >= 15 is 0 Å². The average Bonchev–Trinajstić information content (AvgIpc) is 2.65. The van der Waals surface area contributed by atoms with Gasteiger partial charge in [0.1, 0.15) is 0 Å². The maximum absolute atomic E-state index is 10.8. The summed E-state index contributed by atoms with van der Waals surface area (Å²) in [5.41, 5.74) is 2.22. The van der Waals surface area contributed by atoms with Crippen LogP contribution in [-0.2, 0) is 4.79 Å². The Morgan fingerprint density at radius 2 is 2.50 bits per heavy atom. The van der Waals surface area contributed by atoms with E-state index in [9.17, 15) is 4.79 Å². The fourth-order valence-electron chi connectivity index (χ4n) is 2.05. The summed E-state index contributed by atoms with van der Waals surface area (Å²) in [6.07, 6.45) is 4.94. The number of aromatic nitrogens is 1. The van der Waals surface area contributed by atoms with Gasteiger partial charge in [0.25, 0.3) is 0 Å². The number of hydrogen-bond donors (Lipinski definition) is 0. The number of pyridine rings is 1. The molecule has 0 aromatic carbocycles. The lowest BCUT2D eigenvalue weighted by atomic mass is 10.1. The van der Waals surface area contributed by atoms with Gasteiger partial charge in [-0.3, -0.25) is 9.78 Å². The average molecular weight is 190 g/mol. The maximum atomic E-state index is 10.8. The highest BCUT2D eigenvalue weighted by Gasteiger charge is 2.24. The molecular formula is C11H14N2O. The van der Waals surface area contributed by atoms with E-state index in [1.807, 2.05) is 24.1 Å². The van der Waals surface area contributed by atoms with E-state index < -0.39 is 0 Å². The van der Waals surface area contributed by atoms with E-state index in [1.165, 1.54) is 5.56 Å². The fourth-order valence-corrected chi connectivity index (χ4v) is 2.05. The first kappa shape index (κ1) is 9.19. The zero-order valence-electron chi connectivity index (χ0n) is 8.31. The zero-order chi connectivity index (χ0) is 9.97. The second kappa shape index (κ2) is 3.78. The normalized spacial score (nSPS) is 21.2. The summed E-state index contributed by atoms with van der Waals surface area (Å²) in [4.78, 5) is 16.8. The van der Waals surface area contributed by atoms with Gasteiger partial charge in [-0.25, -0.2) is 0 Å². The molecule has 1 aliphatic rings. The van der Waals surface area contributed by atoms with Gasteiger partial charge < -0.3 is 4.90 Å². The molecule has 3 heteroatoms. The Morgan fingerprint density at radius 1 is 1.64 bits per heavy atom. The van der Waals surface area contributed by atoms with Crippen LogP contribution < -0.4 is 0 Å². The van der Waals surface area contributed by atoms with E-state index in [1.54, 1.807) is 0 Å². The third-order valence-electron chi connectivity index (χ3n) is 2.74. The van der Waals surface area contributed by atoms with Crippen LogP contribution in [0.15, 0.2) is 18.3 Å². The molecule has 1 aliphatic heterocycles. The zero-order valence-corrected chi connectivity index (χ0v) is 8.31. The molecule has 1 saturated heterocycles. The molecule has 2 rings (SSSR count). The Labute approximate surface area is 83.8 Å². The van der Waals surface area contributed by atoms with Crippen LogP contribution in [0.3, 0.4) is 0 Å². The smallest absolute Gasteiger partial charge is 0.210 e. The van der Waals surface area contributed by atoms with Crippen molar-refractivity contribution in [1.29, 1.82) is 0 Å². The highest BCUT2D eigenvalue weighted by atomic mass is 16.1. The summed E-state index contributed by atoms with van der Waals surface area (Å²) in [7, 11) is 0. The summed E-state index contributed by atoms with van der Waals surface area (Å²) in [6, 6.07) is 4.33. The lowest BCUT2D eigenvalue weighted by Crippen LogP contribution is -2.21. The Balaban J connectivity index is 2.25. The number of aryl methyl sites for hydroxylation is 1. The van der Waals surface area contributed by atoms with Gasteiger partial charge in [0.2, 0.25) is 6.41 Å². The standard InChI is InChI=1S/C11H14N2O/c1-9-7-10(4-5-12-9)11-3-2-6-13(11)8-14/h4-5,7-8,11H,2-3,6H2,1H3/t11-/m0/s1. The fraction of sp³-hybridized carbons (Fsp3) is 0.455. The molecule has 2 heterocycles. The summed E-state index contributed by atoms with van der Waals surface area (Å²) in [6.45, 7) is 2.86. The van der Waals surface area contributed by atoms with Crippen LogP contribution in [0, 0.1) is 6.92 Å². The molecule has 3 nitrogen and oxygen atoms in total. The molecule has 1 aromatic rings. The van der Waals surface area contributed by atoms with Crippen LogP contribution >= 0.6 is 0 Å². The van der Waals surface area contributed by atoms with Gasteiger partial charge >= 0.3 is 0 Å². The molecule has 0 bridgehead atoms. The van der Waals surface area contributed by atoms with Crippen LogP contribution in [0.1, 0.15) is 30.1 Å². The number of rotatable bonds is 2. The quantitative estimate of drug-likeness (QED) is 0.665. The van der Waals surface area contributed by atoms with Crippen LogP contribution in [0.25, 0.3) is 0 Å². The third kappa shape index (κ3) is 1.62. The van der Waals surface area contributed by atoms with Crippen molar-refractivity contribution in [2.45, 2.75) is 25.8 Å². The lowest BCUT2D eigenvalue weighted by Gasteiger charge is -2.20. The minimum atomic E-state index is 0.272.